The Labute approximate surface area is 104 Å². The van der Waals surface area contributed by atoms with Gasteiger partial charge in [-0.15, -0.1) is 0 Å². The lowest BCUT2D eigenvalue weighted by atomic mass is 9.90. The van der Waals surface area contributed by atoms with Crippen LogP contribution >= 0.6 is 0 Å². The zero-order valence-corrected chi connectivity index (χ0v) is 10.7. The Morgan fingerprint density at radius 3 is 3.06 bits per heavy atom. The summed E-state index contributed by atoms with van der Waals surface area (Å²) in [7, 11) is 0. The van der Waals surface area contributed by atoms with Crippen LogP contribution in [0.5, 0.6) is 0 Å². The summed E-state index contributed by atoms with van der Waals surface area (Å²) in [5.41, 5.74) is 3.04. The molecule has 1 saturated heterocycles. The number of aryl methyl sites for hydroxylation is 1. The summed E-state index contributed by atoms with van der Waals surface area (Å²) in [6.07, 6.45) is 3.86. The van der Waals surface area contributed by atoms with E-state index in [0.717, 1.165) is 12.0 Å². The van der Waals surface area contributed by atoms with Crippen molar-refractivity contribution in [3.05, 3.63) is 29.8 Å². The third kappa shape index (κ3) is 2.06. The Morgan fingerprint density at radius 1 is 1.29 bits per heavy atom. The number of hydrogen-bond acceptors (Lipinski definition) is 2. The van der Waals surface area contributed by atoms with Crippen LogP contribution in [0, 0.1) is 5.92 Å². The topological polar surface area (TPSA) is 15.3 Å². The highest BCUT2D eigenvalue weighted by Crippen LogP contribution is 2.32. The summed E-state index contributed by atoms with van der Waals surface area (Å²) in [6, 6.07) is 9.70. The lowest BCUT2D eigenvalue weighted by Crippen LogP contribution is -2.50. The maximum absolute atomic E-state index is 3.50. The summed E-state index contributed by atoms with van der Waals surface area (Å²) >= 11 is 0. The van der Waals surface area contributed by atoms with Crippen molar-refractivity contribution in [2.75, 3.05) is 24.5 Å². The quantitative estimate of drug-likeness (QED) is 0.797. The predicted molar refractivity (Wildman–Crippen MR) is 72.5 cm³/mol. The second-order valence-corrected chi connectivity index (χ2v) is 5.46. The van der Waals surface area contributed by atoms with Gasteiger partial charge in [0.25, 0.3) is 0 Å². The van der Waals surface area contributed by atoms with Crippen molar-refractivity contribution in [1.29, 1.82) is 0 Å². The van der Waals surface area contributed by atoms with Crippen molar-refractivity contribution < 1.29 is 0 Å². The molecule has 0 radical (unpaired) electrons. The highest BCUT2D eigenvalue weighted by atomic mass is 15.2. The maximum Gasteiger partial charge on any atom is 0.0401 e. The van der Waals surface area contributed by atoms with Gasteiger partial charge in [0.2, 0.25) is 0 Å². The fourth-order valence-corrected chi connectivity index (χ4v) is 3.37. The number of anilines is 1. The number of hydrogen-bond donors (Lipinski definition) is 1. The molecule has 0 spiro atoms. The molecule has 3 rings (SSSR count). The van der Waals surface area contributed by atoms with Gasteiger partial charge in [-0.1, -0.05) is 25.1 Å². The van der Waals surface area contributed by atoms with Crippen molar-refractivity contribution in [3.63, 3.8) is 0 Å². The van der Waals surface area contributed by atoms with E-state index in [1.54, 1.807) is 5.56 Å². The smallest absolute Gasteiger partial charge is 0.0401 e. The van der Waals surface area contributed by atoms with Crippen molar-refractivity contribution in [2.45, 2.75) is 32.2 Å². The largest absolute Gasteiger partial charge is 0.368 e. The van der Waals surface area contributed by atoms with Crippen LogP contribution in [0.4, 0.5) is 5.69 Å². The van der Waals surface area contributed by atoms with Gasteiger partial charge in [-0.3, -0.25) is 0 Å². The minimum atomic E-state index is 0.734. The molecule has 2 heteroatoms. The molecule has 1 aromatic carbocycles. The maximum atomic E-state index is 3.50. The Balaban J connectivity index is 1.89. The molecule has 1 aromatic rings. The van der Waals surface area contributed by atoms with Crippen molar-refractivity contribution in [3.8, 4) is 0 Å². The number of piperidine rings is 1. The Hall–Kier alpha value is -1.02. The lowest BCUT2D eigenvalue weighted by Gasteiger charge is -2.43. The fraction of sp³-hybridized carbons (Fsp3) is 0.600. The SMILES string of the molecule is CC1CNCCC1N1CCCc2ccccc21. The third-order valence-electron chi connectivity index (χ3n) is 4.29. The number of rotatable bonds is 1. The van der Waals surface area contributed by atoms with Crippen LogP contribution in [0.15, 0.2) is 24.3 Å². The van der Waals surface area contributed by atoms with E-state index in [4.69, 9.17) is 0 Å². The number of nitrogens with zero attached hydrogens (tertiary/aromatic N) is 1. The summed E-state index contributed by atoms with van der Waals surface area (Å²) in [4.78, 5) is 2.67. The summed E-state index contributed by atoms with van der Waals surface area (Å²) in [5, 5.41) is 3.50. The first-order chi connectivity index (χ1) is 8.36. The highest BCUT2D eigenvalue weighted by molar-refractivity contribution is 5.56. The predicted octanol–water partition coefficient (Wildman–Crippen LogP) is 2.44. The van der Waals surface area contributed by atoms with Gasteiger partial charge in [0.15, 0.2) is 0 Å². The molecule has 0 amide bonds. The van der Waals surface area contributed by atoms with Crippen LogP contribution in [-0.2, 0) is 6.42 Å². The lowest BCUT2D eigenvalue weighted by molar-refractivity contribution is 0.326. The van der Waals surface area contributed by atoms with Gasteiger partial charge >= 0.3 is 0 Å². The molecular formula is C15H22N2. The van der Waals surface area contributed by atoms with Gasteiger partial charge in [0, 0.05) is 18.3 Å². The average Bonchev–Trinajstić information content (AvgIpc) is 2.39. The standard InChI is InChI=1S/C15H22N2/c1-12-11-16-9-8-14(12)17-10-4-6-13-5-2-3-7-15(13)17/h2-3,5,7,12,14,16H,4,6,8-11H2,1H3. The van der Waals surface area contributed by atoms with Crippen LogP contribution in [-0.4, -0.2) is 25.7 Å². The first kappa shape index (κ1) is 11.1. The van der Waals surface area contributed by atoms with Gasteiger partial charge < -0.3 is 10.2 Å². The molecule has 2 aliphatic rings. The first-order valence-corrected chi connectivity index (χ1v) is 6.91. The van der Waals surface area contributed by atoms with Crippen LogP contribution in [0.25, 0.3) is 0 Å². The Kier molecular flexibility index (Phi) is 3.06. The third-order valence-corrected chi connectivity index (χ3v) is 4.29. The van der Waals surface area contributed by atoms with E-state index in [9.17, 15) is 0 Å². The van der Waals surface area contributed by atoms with Crippen LogP contribution in [0.1, 0.15) is 25.3 Å². The van der Waals surface area contributed by atoms with Crippen LogP contribution in [0.3, 0.4) is 0 Å². The molecule has 0 aliphatic carbocycles. The minimum absolute atomic E-state index is 0.734. The van der Waals surface area contributed by atoms with Crippen molar-refractivity contribution in [1.82, 2.24) is 5.32 Å². The summed E-state index contributed by atoms with van der Waals surface area (Å²) in [6.45, 7) is 5.97. The molecule has 2 atom stereocenters. The molecule has 2 heterocycles. The Bertz CT molecular complexity index is 388. The number of nitrogens with one attached hydrogen (secondary N) is 1. The number of fused-ring (bicyclic) bond motifs is 1. The fourth-order valence-electron chi connectivity index (χ4n) is 3.37. The molecular weight excluding hydrogens is 208 g/mol. The van der Waals surface area contributed by atoms with E-state index in [-0.39, 0.29) is 0 Å². The molecule has 92 valence electrons. The zero-order valence-electron chi connectivity index (χ0n) is 10.7. The van der Waals surface area contributed by atoms with E-state index >= 15 is 0 Å². The molecule has 1 fully saturated rings. The zero-order chi connectivity index (χ0) is 11.7. The number of para-hydroxylation sites is 1. The van der Waals surface area contributed by atoms with E-state index in [1.165, 1.54) is 44.6 Å². The monoisotopic (exact) mass is 230 g/mol. The molecule has 1 N–H and O–H groups in total. The Morgan fingerprint density at radius 2 is 2.18 bits per heavy atom. The second kappa shape index (κ2) is 4.69. The van der Waals surface area contributed by atoms with Gasteiger partial charge in [0.05, 0.1) is 0 Å². The van der Waals surface area contributed by atoms with Gasteiger partial charge in [-0.05, 0) is 49.9 Å². The molecule has 2 unspecified atom stereocenters. The van der Waals surface area contributed by atoms with Crippen molar-refractivity contribution >= 4 is 5.69 Å². The van der Waals surface area contributed by atoms with Crippen LogP contribution in [0.2, 0.25) is 0 Å². The minimum Gasteiger partial charge on any atom is -0.368 e. The molecule has 2 aliphatic heterocycles. The van der Waals surface area contributed by atoms with Gasteiger partial charge in [-0.25, -0.2) is 0 Å². The normalized spacial score (nSPS) is 28.9. The molecule has 0 saturated carbocycles. The average molecular weight is 230 g/mol. The molecule has 0 aromatic heterocycles. The van der Waals surface area contributed by atoms with Gasteiger partial charge in [-0.2, -0.15) is 0 Å². The van der Waals surface area contributed by atoms with E-state index < -0.39 is 0 Å². The van der Waals surface area contributed by atoms with Crippen molar-refractivity contribution in [2.24, 2.45) is 5.92 Å². The van der Waals surface area contributed by atoms with Gasteiger partial charge in [0.1, 0.15) is 0 Å². The summed E-state index contributed by atoms with van der Waals surface area (Å²) in [5.74, 6) is 0.759. The van der Waals surface area contributed by atoms with Crippen LogP contribution < -0.4 is 10.2 Å². The first-order valence-electron chi connectivity index (χ1n) is 6.91. The highest BCUT2D eigenvalue weighted by Gasteiger charge is 2.29. The molecule has 17 heavy (non-hydrogen) atoms. The molecule has 0 bridgehead atoms. The van der Waals surface area contributed by atoms with E-state index in [2.05, 4.69) is 41.4 Å². The number of benzene rings is 1. The summed E-state index contributed by atoms with van der Waals surface area (Å²) < 4.78 is 0. The second-order valence-electron chi connectivity index (χ2n) is 5.46. The van der Waals surface area contributed by atoms with E-state index in [0.29, 0.717) is 0 Å². The molecule has 2 nitrogen and oxygen atoms in total. The van der Waals surface area contributed by atoms with E-state index in [1.807, 2.05) is 0 Å².